The van der Waals surface area contributed by atoms with Crippen molar-refractivity contribution in [1.82, 2.24) is 0 Å². The fourth-order valence-electron chi connectivity index (χ4n) is 10.9. The van der Waals surface area contributed by atoms with Crippen molar-refractivity contribution in [3.8, 4) is 0 Å². The van der Waals surface area contributed by atoms with E-state index in [9.17, 15) is 0 Å². The third-order valence-electron chi connectivity index (χ3n) is 13.5. The lowest BCUT2D eigenvalue weighted by atomic mass is 9.65. The summed E-state index contributed by atoms with van der Waals surface area (Å²) in [6, 6.07) is 98.3. The van der Waals surface area contributed by atoms with Crippen LogP contribution in [0.5, 0.6) is 0 Å². The first-order valence-electron chi connectivity index (χ1n) is 25.2. The van der Waals surface area contributed by atoms with Crippen LogP contribution in [0.1, 0.15) is 111 Å². The number of rotatable bonds is 15. The first kappa shape index (κ1) is 49.9. The first-order chi connectivity index (χ1) is 33.7. The molecule has 9 rings (SSSR count). The van der Waals surface area contributed by atoms with E-state index in [1.807, 2.05) is 0 Å². The van der Waals surface area contributed by atoms with Crippen molar-refractivity contribution in [3.05, 3.63) is 323 Å². The molecule has 0 nitrogen and oxygen atoms in total. The molecule has 348 valence electrons. The summed E-state index contributed by atoms with van der Waals surface area (Å²) in [6.45, 7) is 13.9. The van der Waals surface area contributed by atoms with Gasteiger partial charge in [0.25, 0.3) is 0 Å². The molecule has 0 heterocycles. The summed E-state index contributed by atoms with van der Waals surface area (Å²) in [4.78, 5) is 0. The molecule has 0 saturated carbocycles. The van der Waals surface area contributed by atoms with Crippen LogP contribution in [0.4, 0.5) is 0 Å². The van der Waals surface area contributed by atoms with Crippen LogP contribution in [0.15, 0.2) is 273 Å². The van der Waals surface area contributed by atoms with Crippen LogP contribution >= 0.6 is 0 Å². The minimum absolute atomic E-state index is 0.0993. The smallest absolute Gasteiger partial charge is 0.0453 e. The molecule has 0 spiro atoms. The second-order valence-corrected chi connectivity index (χ2v) is 19.8. The molecule has 0 aromatic heterocycles. The van der Waals surface area contributed by atoms with E-state index in [0.29, 0.717) is 17.8 Å². The van der Waals surface area contributed by atoms with Gasteiger partial charge in [-0.05, 0) is 87.1 Å². The second kappa shape index (κ2) is 24.3. The zero-order chi connectivity index (χ0) is 48.4. The Kier molecular flexibility index (Phi) is 17.6. The highest BCUT2D eigenvalue weighted by molar-refractivity contribution is 5.53. The van der Waals surface area contributed by atoms with Crippen molar-refractivity contribution in [2.45, 2.75) is 77.0 Å². The lowest BCUT2D eigenvalue weighted by Crippen LogP contribution is -2.31. The van der Waals surface area contributed by atoms with E-state index in [0.717, 1.165) is 19.3 Å². The quantitative estimate of drug-likeness (QED) is 0.0900. The van der Waals surface area contributed by atoms with Crippen molar-refractivity contribution in [2.75, 3.05) is 0 Å². The number of hydrogen-bond acceptors (Lipinski definition) is 0. The van der Waals surface area contributed by atoms with Crippen LogP contribution in [-0.4, -0.2) is 0 Å². The third kappa shape index (κ3) is 11.8. The molecule has 0 atom stereocenters. The summed E-state index contributed by atoms with van der Waals surface area (Å²) < 4.78 is 0. The van der Waals surface area contributed by atoms with Gasteiger partial charge in [-0.25, -0.2) is 0 Å². The van der Waals surface area contributed by atoms with Gasteiger partial charge in [0.15, 0.2) is 0 Å². The van der Waals surface area contributed by atoms with Crippen molar-refractivity contribution in [3.63, 3.8) is 0 Å². The fourth-order valence-corrected chi connectivity index (χ4v) is 10.9. The van der Waals surface area contributed by atoms with Gasteiger partial charge in [-0.2, -0.15) is 0 Å². The summed E-state index contributed by atoms with van der Waals surface area (Å²) >= 11 is 0. The van der Waals surface area contributed by atoms with Crippen LogP contribution in [0.2, 0.25) is 0 Å². The average molecular weight is 901 g/mol. The lowest BCUT2D eigenvalue weighted by Gasteiger charge is -2.37. The Morgan fingerprint density at radius 1 is 0.188 bits per heavy atom. The van der Waals surface area contributed by atoms with Gasteiger partial charge in [0, 0.05) is 16.2 Å². The summed E-state index contributed by atoms with van der Waals surface area (Å²) in [6.07, 6.45) is 3.26. The highest BCUT2D eigenvalue weighted by atomic mass is 14.4. The molecular weight excluding hydrogens is 829 g/mol. The van der Waals surface area contributed by atoms with E-state index >= 15 is 0 Å². The van der Waals surface area contributed by atoms with Crippen molar-refractivity contribution in [2.24, 2.45) is 17.8 Å². The lowest BCUT2D eigenvalue weighted by molar-refractivity contribution is 0.453. The Morgan fingerprint density at radius 3 is 0.377 bits per heavy atom. The van der Waals surface area contributed by atoms with E-state index in [1.165, 1.54) is 50.1 Å². The Morgan fingerprint density at radius 2 is 0.290 bits per heavy atom. The van der Waals surface area contributed by atoms with Crippen molar-refractivity contribution in [1.29, 1.82) is 0 Å². The monoisotopic (exact) mass is 901 g/mol. The van der Waals surface area contributed by atoms with Crippen LogP contribution in [0.3, 0.4) is 0 Å². The second-order valence-electron chi connectivity index (χ2n) is 19.8. The van der Waals surface area contributed by atoms with Crippen molar-refractivity contribution < 1.29 is 0 Å². The Balaban J connectivity index is 0.000000153. The molecule has 0 amide bonds. The molecule has 0 aliphatic carbocycles. The maximum Gasteiger partial charge on any atom is 0.0453 e. The van der Waals surface area contributed by atoms with Gasteiger partial charge in [-0.1, -0.05) is 315 Å². The molecule has 0 bridgehead atoms. The predicted octanol–water partition coefficient (Wildman–Crippen LogP) is 18.2. The van der Waals surface area contributed by atoms with Crippen LogP contribution in [-0.2, 0) is 16.2 Å². The summed E-state index contributed by atoms with van der Waals surface area (Å²) in [5.41, 5.74) is 12.0. The Hall–Kier alpha value is -7.02. The first-order valence-corrected chi connectivity index (χ1v) is 25.2. The molecule has 0 radical (unpaired) electrons. The van der Waals surface area contributed by atoms with Crippen LogP contribution < -0.4 is 0 Å². The SMILES string of the molecule is CC(C)CC(c1ccccc1)(c1ccccc1)c1ccccc1.CC(C)CC(c1ccccc1)(c1ccccc1)c1ccccc1.CC(C)CC(c1ccccc1)(c1ccccc1)c1ccccc1. The largest absolute Gasteiger partial charge is 0.0627 e. The van der Waals surface area contributed by atoms with Gasteiger partial charge in [0.2, 0.25) is 0 Å². The van der Waals surface area contributed by atoms with Gasteiger partial charge < -0.3 is 0 Å². The molecule has 0 aliphatic rings. The molecule has 0 heteroatoms. The average Bonchev–Trinajstić information content (AvgIpc) is 3.41. The minimum Gasteiger partial charge on any atom is -0.0627 e. The van der Waals surface area contributed by atoms with E-state index in [4.69, 9.17) is 0 Å². The van der Waals surface area contributed by atoms with Gasteiger partial charge in [-0.3, -0.25) is 0 Å². The minimum atomic E-state index is -0.0993. The molecule has 0 aliphatic heterocycles. The molecule has 9 aromatic carbocycles. The Bertz CT molecular complexity index is 2160. The molecular formula is C69H72. The standard InChI is InChI=1S/3C23H24/c3*1-19(2)18-23(20-12-6-3-7-13-20,21-14-8-4-9-15-21)22-16-10-5-11-17-22/h3*3-17,19H,18H2,1-2H3. The van der Waals surface area contributed by atoms with E-state index in [1.54, 1.807) is 0 Å². The Labute approximate surface area is 415 Å². The summed E-state index contributed by atoms with van der Waals surface area (Å²) in [7, 11) is 0. The summed E-state index contributed by atoms with van der Waals surface area (Å²) in [5.74, 6) is 1.78. The fraction of sp³-hybridized carbons (Fsp3) is 0.217. The molecule has 9 aromatic rings. The van der Waals surface area contributed by atoms with Crippen LogP contribution in [0.25, 0.3) is 0 Å². The molecule has 0 fully saturated rings. The number of hydrogen-bond donors (Lipinski definition) is 0. The molecule has 69 heavy (non-hydrogen) atoms. The zero-order valence-electron chi connectivity index (χ0n) is 41.8. The zero-order valence-corrected chi connectivity index (χ0v) is 41.8. The normalized spacial score (nSPS) is 11.6. The predicted molar refractivity (Wildman–Crippen MR) is 296 cm³/mol. The number of benzene rings is 9. The van der Waals surface area contributed by atoms with Gasteiger partial charge in [-0.15, -0.1) is 0 Å². The molecule has 0 saturated heterocycles. The van der Waals surface area contributed by atoms with Gasteiger partial charge in [0.05, 0.1) is 0 Å². The van der Waals surface area contributed by atoms with Crippen LogP contribution in [0, 0.1) is 17.8 Å². The van der Waals surface area contributed by atoms with E-state index < -0.39 is 0 Å². The third-order valence-corrected chi connectivity index (χ3v) is 13.5. The van der Waals surface area contributed by atoms with Crippen molar-refractivity contribution >= 4 is 0 Å². The van der Waals surface area contributed by atoms with E-state index in [-0.39, 0.29) is 16.2 Å². The highest BCUT2D eigenvalue weighted by Crippen LogP contribution is 2.46. The molecule has 0 unspecified atom stereocenters. The maximum atomic E-state index is 2.31. The maximum absolute atomic E-state index is 2.31. The van der Waals surface area contributed by atoms with Gasteiger partial charge >= 0.3 is 0 Å². The summed E-state index contributed by atoms with van der Waals surface area (Å²) in [5, 5.41) is 0. The van der Waals surface area contributed by atoms with Gasteiger partial charge in [0.1, 0.15) is 0 Å². The van der Waals surface area contributed by atoms with E-state index in [2.05, 4.69) is 315 Å². The highest BCUT2D eigenvalue weighted by Gasteiger charge is 2.39. The molecule has 0 N–H and O–H groups in total. The topological polar surface area (TPSA) is 0 Å².